The number of thiazole rings is 1. The van der Waals surface area contributed by atoms with Gasteiger partial charge in [0.1, 0.15) is 0 Å². The van der Waals surface area contributed by atoms with Gasteiger partial charge in [-0.15, -0.1) is 11.3 Å². The Morgan fingerprint density at radius 3 is 2.68 bits per heavy atom. The minimum absolute atomic E-state index is 0.306. The number of rotatable bonds is 8. The van der Waals surface area contributed by atoms with Gasteiger partial charge in [0, 0.05) is 39.1 Å². The van der Waals surface area contributed by atoms with Gasteiger partial charge < -0.3 is 15.4 Å². The van der Waals surface area contributed by atoms with E-state index < -0.39 is 11.9 Å². The highest BCUT2D eigenvalue weighted by Crippen LogP contribution is 2.36. The summed E-state index contributed by atoms with van der Waals surface area (Å²) in [5.41, 5.74) is 3.97. The first-order valence-electron chi connectivity index (χ1n) is 10.2. The minimum Gasteiger partial charge on any atom is -0.481 e. The van der Waals surface area contributed by atoms with E-state index in [1.165, 1.54) is 0 Å². The lowest BCUT2D eigenvalue weighted by atomic mass is 9.97. The molecule has 0 aliphatic carbocycles. The molecule has 160 valence electrons. The predicted octanol–water partition coefficient (Wildman–Crippen LogP) is 6.42. The van der Waals surface area contributed by atoms with Crippen LogP contribution in [0.3, 0.4) is 0 Å². The first-order chi connectivity index (χ1) is 14.9. The second kappa shape index (κ2) is 9.12. The maximum Gasteiger partial charge on any atom is 0.308 e. The van der Waals surface area contributed by atoms with Crippen molar-refractivity contribution in [3.8, 4) is 11.3 Å². The lowest BCUT2D eigenvalue weighted by Crippen LogP contribution is -2.25. The molecular weight excluding hydrogens is 430 g/mol. The third kappa shape index (κ3) is 4.75. The topological polar surface area (TPSA) is 78.0 Å². The molecule has 0 aliphatic heterocycles. The summed E-state index contributed by atoms with van der Waals surface area (Å²) in [6.45, 7) is 4.57. The Hall–Kier alpha value is -2.83. The number of aromatic amines is 1. The number of halogens is 1. The number of carboxylic acid groups (broad SMARTS) is 1. The van der Waals surface area contributed by atoms with E-state index >= 15 is 0 Å². The standard InChI is InChI=1S/C24H24ClN3O2S/c1-14(2)22-21(15-6-8-18(25)9-7-15)28-24(31-22)27-13-17(23(29)30)12-16-4-3-5-20-19(16)10-11-26-20/h3-11,14,17,26H,12-13H2,1-2H3,(H,27,28)(H,29,30). The fourth-order valence-corrected chi connectivity index (χ4v) is 4.79. The summed E-state index contributed by atoms with van der Waals surface area (Å²) in [6, 6.07) is 15.6. The number of fused-ring (bicyclic) bond motifs is 1. The van der Waals surface area contributed by atoms with Gasteiger partial charge in [-0.2, -0.15) is 0 Å². The van der Waals surface area contributed by atoms with Crippen molar-refractivity contribution in [3.63, 3.8) is 0 Å². The molecule has 4 aromatic rings. The smallest absolute Gasteiger partial charge is 0.308 e. The van der Waals surface area contributed by atoms with Crippen LogP contribution in [0.15, 0.2) is 54.7 Å². The molecule has 2 heterocycles. The van der Waals surface area contributed by atoms with Crippen LogP contribution in [-0.2, 0) is 11.2 Å². The summed E-state index contributed by atoms with van der Waals surface area (Å²) in [7, 11) is 0. The SMILES string of the molecule is CC(C)c1sc(NCC(Cc2cccc3[nH]ccc23)C(=O)O)nc1-c1ccc(Cl)cc1. The fraction of sp³-hybridized carbons (Fsp3) is 0.250. The van der Waals surface area contributed by atoms with Crippen molar-refractivity contribution in [1.29, 1.82) is 0 Å². The van der Waals surface area contributed by atoms with Gasteiger partial charge in [0.2, 0.25) is 0 Å². The van der Waals surface area contributed by atoms with Crippen LogP contribution in [0.4, 0.5) is 5.13 Å². The molecule has 2 aromatic heterocycles. The maximum atomic E-state index is 12.0. The number of hydrogen-bond acceptors (Lipinski definition) is 4. The summed E-state index contributed by atoms with van der Waals surface area (Å²) >= 11 is 7.61. The van der Waals surface area contributed by atoms with Crippen molar-refractivity contribution < 1.29 is 9.90 Å². The number of aliphatic carboxylic acids is 1. The van der Waals surface area contributed by atoms with Gasteiger partial charge in [0.25, 0.3) is 0 Å². The first-order valence-corrected chi connectivity index (χ1v) is 11.4. The zero-order chi connectivity index (χ0) is 22.0. The van der Waals surface area contributed by atoms with E-state index in [0.717, 1.165) is 37.7 Å². The summed E-state index contributed by atoms with van der Waals surface area (Å²) < 4.78 is 0. The van der Waals surface area contributed by atoms with Gasteiger partial charge in [-0.05, 0) is 42.2 Å². The Morgan fingerprint density at radius 2 is 1.97 bits per heavy atom. The van der Waals surface area contributed by atoms with Crippen molar-refractivity contribution in [1.82, 2.24) is 9.97 Å². The molecule has 5 nitrogen and oxygen atoms in total. The van der Waals surface area contributed by atoms with Crippen molar-refractivity contribution in [3.05, 3.63) is 70.2 Å². The Kier molecular flexibility index (Phi) is 6.30. The van der Waals surface area contributed by atoms with E-state index in [1.807, 2.05) is 54.7 Å². The molecule has 0 amide bonds. The normalized spacial score (nSPS) is 12.4. The van der Waals surface area contributed by atoms with Crippen molar-refractivity contribution >= 4 is 44.9 Å². The van der Waals surface area contributed by atoms with E-state index in [9.17, 15) is 9.90 Å². The Morgan fingerprint density at radius 1 is 1.19 bits per heavy atom. The number of nitrogens with zero attached hydrogens (tertiary/aromatic N) is 1. The molecule has 0 bridgehead atoms. The van der Waals surface area contributed by atoms with Gasteiger partial charge in [-0.3, -0.25) is 4.79 Å². The van der Waals surface area contributed by atoms with Crippen LogP contribution in [0.1, 0.15) is 30.2 Å². The second-order valence-electron chi connectivity index (χ2n) is 7.87. The molecular formula is C24H24ClN3O2S. The molecule has 0 saturated heterocycles. The number of aromatic nitrogens is 2. The molecule has 0 spiro atoms. The lowest BCUT2D eigenvalue weighted by molar-refractivity contribution is -0.141. The molecule has 4 rings (SSSR count). The molecule has 0 saturated carbocycles. The Balaban J connectivity index is 1.54. The van der Waals surface area contributed by atoms with E-state index in [-0.39, 0.29) is 0 Å². The zero-order valence-corrected chi connectivity index (χ0v) is 18.9. The van der Waals surface area contributed by atoms with Gasteiger partial charge >= 0.3 is 5.97 Å². The highest BCUT2D eigenvalue weighted by Gasteiger charge is 2.21. The van der Waals surface area contributed by atoms with Crippen LogP contribution in [0.5, 0.6) is 0 Å². The first kappa shape index (κ1) is 21.4. The molecule has 7 heteroatoms. The average Bonchev–Trinajstić information content (AvgIpc) is 3.39. The third-order valence-corrected chi connectivity index (χ3v) is 6.86. The quantitative estimate of drug-likeness (QED) is 0.287. The molecule has 2 aromatic carbocycles. The van der Waals surface area contributed by atoms with Crippen LogP contribution in [0.2, 0.25) is 5.02 Å². The number of anilines is 1. The lowest BCUT2D eigenvalue weighted by Gasteiger charge is -2.14. The van der Waals surface area contributed by atoms with Gasteiger partial charge in [0.05, 0.1) is 11.6 Å². The van der Waals surface area contributed by atoms with Crippen LogP contribution in [-0.4, -0.2) is 27.6 Å². The van der Waals surface area contributed by atoms with E-state index in [1.54, 1.807) is 11.3 Å². The Labute approximate surface area is 190 Å². The molecule has 1 atom stereocenters. The number of carbonyl (C=O) groups is 1. The highest BCUT2D eigenvalue weighted by atomic mass is 35.5. The summed E-state index contributed by atoms with van der Waals surface area (Å²) in [4.78, 5) is 21.1. The number of hydrogen-bond donors (Lipinski definition) is 3. The molecule has 3 N–H and O–H groups in total. The summed E-state index contributed by atoms with van der Waals surface area (Å²) in [6.07, 6.45) is 2.33. The molecule has 0 fully saturated rings. The monoisotopic (exact) mass is 453 g/mol. The predicted molar refractivity (Wildman–Crippen MR) is 128 cm³/mol. The summed E-state index contributed by atoms with van der Waals surface area (Å²) in [5.74, 6) is -1.08. The minimum atomic E-state index is -0.821. The molecule has 1 unspecified atom stereocenters. The van der Waals surface area contributed by atoms with Gasteiger partial charge in [-0.1, -0.05) is 49.7 Å². The number of carboxylic acids is 1. The fourth-order valence-electron chi connectivity index (χ4n) is 3.66. The number of benzene rings is 2. The van der Waals surface area contributed by atoms with E-state index in [0.29, 0.717) is 23.9 Å². The highest BCUT2D eigenvalue weighted by molar-refractivity contribution is 7.16. The van der Waals surface area contributed by atoms with Gasteiger partial charge in [-0.25, -0.2) is 4.98 Å². The van der Waals surface area contributed by atoms with Crippen LogP contribution in [0.25, 0.3) is 22.2 Å². The van der Waals surface area contributed by atoms with E-state index in [2.05, 4.69) is 24.1 Å². The molecule has 31 heavy (non-hydrogen) atoms. The van der Waals surface area contributed by atoms with Crippen LogP contribution < -0.4 is 5.32 Å². The van der Waals surface area contributed by atoms with Gasteiger partial charge in [0.15, 0.2) is 5.13 Å². The van der Waals surface area contributed by atoms with Crippen molar-refractivity contribution in [2.45, 2.75) is 26.2 Å². The van der Waals surface area contributed by atoms with Crippen molar-refractivity contribution in [2.24, 2.45) is 5.92 Å². The van der Waals surface area contributed by atoms with E-state index in [4.69, 9.17) is 16.6 Å². The number of H-pyrrole nitrogens is 1. The van der Waals surface area contributed by atoms with Crippen molar-refractivity contribution in [2.75, 3.05) is 11.9 Å². The average molecular weight is 454 g/mol. The largest absolute Gasteiger partial charge is 0.481 e. The van der Waals surface area contributed by atoms with Crippen LogP contribution >= 0.6 is 22.9 Å². The second-order valence-corrected chi connectivity index (χ2v) is 9.34. The maximum absolute atomic E-state index is 12.0. The Bertz CT molecular complexity index is 1200. The third-order valence-electron chi connectivity index (χ3n) is 5.30. The summed E-state index contributed by atoms with van der Waals surface area (Å²) in [5, 5.41) is 15.6. The van der Waals surface area contributed by atoms with Crippen LogP contribution in [0, 0.1) is 5.92 Å². The molecule has 0 radical (unpaired) electrons. The molecule has 0 aliphatic rings. The number of nitrogens with one attached hydrogen (secondary N) is 2. The zero-order valence-electron chi connectivity index (χ0n) is 17.4.